The summed E-state index contributed by atoms with van der Waals surface area (Å²) in [6.45, 7) is 2.11. The Kier molecular flexibility index (Phi) is 3.63. The maximum atomic E-state index is 6.25. The normalized spacial score (nSPS) is 11.9. The molecule has 0 aliphatic carbocycles. The van der Waals surface area contributed by atoms with Crippen molar-refractivity contribution in [1.29, 1.82) is 0 Å². The maximum Gasteiger partial charge on any atom is 0.0677 e. The number of hydrogen-bond donors (Lipinski definition) is 0. The zero-order valence-electron chi connectivity index (χ0n) is 9.45. The molecule has 0 bridgehead atoms. The van der Waals surface area contributed by atoms with Crippen LogP contribution in [-0.4, -0.2) is 9.55 Å². The Hall–Kier alpha value is -0.160. The predicted octanol–water partition coefficient (Wildman–Crippen LogP) is 5.52. The molecule has 1 atom stereocenters. The van der Waals surface area contributed by atoms with Crippen LogP contribution in [-0.2, 0) is 0 Å². The summed E-state index contributed by atoms with van der Waals surface area (Å²) in [6, 6.07) is 6.25. The predicted molar refractivity (Wildman–Crippen MR) is 90.5 cm³/mol. The first kappa shape index (κ1) is 12.9. The summed E-state index contributed by atoms with van der Waals surface area (Å²) in [6.07, 6.45) is 4.63. The summed E-state index contributed by atoms with van der Waals surface area (Å²) in [7, 11) is 0. The van der Waals surface area contributed by atoms with Gasteiger partial charge in [0.1, 0.15) is 0 Å². The average Bonchev–Trinajstić information content (AvgIpc) is 2.96. The third kappa shape index (κ3) is 2.20. The van der Waals surface area contributed by atoms with Crippen LogP contribution >= 0.6 is 51.4 Å². The van der Waals surface area contributed by atoms with E-state index in [9.17, 15) is 0 Å². The highest BCUT2D eigenvalue weighted by atomic mass is 127. The van der Waals surface area contributed by atoms with Crippen molar-refractivity contribution in [3.63, 3.8) is 0 Å². The third-order valence-electron chi connectivity index (χ3n) is 2.74. The second kappa shape index (κ2) is 5.08. The second-order valence-electron chi connectivity index (χ2n) is 3.95. The molecule has 18 heavy (non-hydrogen) atoms. The Labute approximate surface area is 129 Å². The van der Waals surface area contributed by atoms with Gasteiger partial charge in [-0.2, -0.15) is 5.10 Å². The lowest BCUT2D eigenvalue weighted by Crippen LogP contribution is -1.77. The highest BCUT2D eigenvalue weighted by Crippen LogP contribution is 2.38. The first-order valence-electron chi connectivity index (χ1n) is 5.29. The van der Waals surface area contributed by atoms with Crippen molar-refractivity contribution in [2.45, 2.75) is 6.92 Å². The summed E-state index contributed by atoms with van der Waals surface area (Å²) < 4.78 is 3.12. The standard InChI is InChI=1S/C12H9ClIN2PS/c1-7-4-10-9(2-3-11(13)12(10)18-7)8-5-15-16(6-8)17-14/h2-6,17H,1H3. The Bertz CT molecular complexity index is 722. The van der Waals surface area contributed by atoms with Gasteiger partial charge in [0, 0.05) is 22.0 Å². The van der Waals surface area contributed by atoms with Crippen molar-refractivity contribution in [2.75, 3.05) is 0 Å². The second-order valence-corrected chi connectivity index (χ2v) is 7.69. The van der Waals surface area contributed by atoms with Gasteiger partial charge in [-0.15, -0.1) is 11.3 Å². The van der Waals surface area contributed by atoms with Crippen LogP contribution in [0.25, 0.3) is 21.2 Å². The molecule has 3 aromatic rings. The third-order valence-corrected chi connectivity index (χ3v) is 6.15. The number of thiophene rings is 1. The zero-order valence-corrected chi connectivity index (χ0v) is 14.2. The quantitative estimate of drug-likeness (QED) is 0.405. The van der Waals surface area contributed by atoms with E-state index in [1.807, 2.05) is 16.7 Å². The van der Waals surface area contributed by atoms with Crippen LogP contribution in [0.15, 0.2) is 30.6 Å². The highest BCUT2D eigenvalue weighted by molar-refractivity contribution is 14.2. The molecule has 92 valence electrons. The molecule has 6 heteroatoms. The number of hydrogen-bond acceptors (Lipinski definition) is 2. The number of aryl methyl sites for hydroxylation is 1. The summed E-state index contributed by atoms with van der Waals surface area (Å²) >= 11 is 10.3. The summed E-state index contributed by atoms with van der Waals surface area (Å²) in [4.78, 5) is 1.28. The topological polar surface area (TPSA) is 17.8 Å². The first-order valence-corrected chi connectivity index (χ1v) is 10.5. The molecule has 0 aliphatic heterocycles. The Morgan fingerprint density at radius 2 is 2.28 bits per heavy atom. The zero-order chi connectivity index (χ0) is 12.7. The van der Waals surface area contributed by atoms with Gasteiger partial charge in [-0.3, -0.25) is 0 Å². The van der Waals surface area contributed by atoms with Gasteiger partial charge in [0.15, 0.2) is 0 Å². The fraction of sp³-hybridized carbons (Fsp3) is 0.0833. The van der Waals surface area contributed by atoms with Gasteiger partial charge in [0.2, 0.25) is 0 Å². The van der Waals surface area contributed by atoms with Gasteiger partial charge >= 0.3 is 0 Å². The minimum atomic E-state index is 0.628. The summed E-state index contributed by atoms with van der Waals surface area (Å²) in [5, 5.41) is 6.39. The van der Waals surface area contributed by atoms with E-state index in [0.29, 0.717) is 6.37 Å². The molecule has 0 aliphatic rings. The van der Waals surface area contributed by atoms with E-state index in [1.165, 1.54) is 15.8 Å². The number of fused-ring (bicyclic) bond motifs is 1. The molecule has 0 radical (unpaired) electrons. The highest BCUT2D eigenvalue weighted by Gasteiger charge is 2.11. The summed E-state index contributed by atoms with van der Waals surface area (Å²) in [5.74, 6) is 0. The van der Waals surface area contributed by atoms with Crippen molar-refractivity contribution < 1.29 is 0 Å². The van der Waals surface area contributed by atoms with Crippen LogP contribution in [0.5, 0.6) is 0 Å². The molecule has 0 amide bonds. The molecule has 0 N–H and O–H groups in total. The van der Waals surface area contributed by atoms with E-state index in [4.69, 9.17) is 11.6 Å². The molecule has 3 rings (SSSR count). The number of nitrogens with zero attached hydrogens (tertiary/aromatic N) is 2. The van der Waals surface area contributed by atoms with Crippen molar-refractivity contribution in [3.8, 4) is 11.1 Å². The lowest BCUT2D eigenvalue weighted by molar-refractivity contribution is 1.01. The van der Waals surface area contributed by atoms with Crippen molar-refractivity contribution in [3.05, 3.63) is 40.5 Å². The molecule has 0 saturated carbocycles. The lowest BCUT2D eigenvalue weighted by Gasteiger charge is -2.01. The average molecular weight is 407 g/mol. The molecule has 2 heterocycles. The fourth-order valence-corrected chi connectivity index (χ4v) is 4.28. The van der Waals surface area contributed by atoms with Crippen LogP contribution in [0, 0.1) is 6.92 Å². The summed E-state index contributed by atoms with van der Waals surface area (Å²) in [5.41, 5.74) is 2.36. The Morgan fingerprint density at radius 1 is 1.44 bits per heavy atom. The molecule has 2 nitrogen and oxygen atoms in total. The molecule has 1 unspecified atom stereocenters. The van der Waals surface area contributed by atoms with Gasteiger partial charge < -0.3 is 0 Å². The van der Waals surface area contributed by atoms with Gasteiger partial charge in [-0.25, -0.2) is 4.45 Å². The molecule has 0 spiro atoms. The first-order chi connectivity index (χ1) is 8.69. The van der Waals surface area contributed by atoms with Gasteiger partial charge in [0.05, 0.1) is 22.3 Å². The monoisotopic (exact) mass is 406 g/mol. The maximum absolute atomic E-state index is 6.25. The molecule has 1 aromatic carbocycles. The van der Waals surface area contributed by atoms with Crippen LogP contribution in [0.2, 0.25) is 5.02 Å². The van der Waals surface area contributed by atoms with E-state index in [1.54, 1.807) is 11.3 Å². The van der Waals surface area contributed by atoms with E-state index in [2.05, 4.69) is 52.4 Å². The van der Waals surface area contributed by atoms with E-state index in [-0.39, 0.29) is 0 Å². The van der Waals surface area contributed by atoms with Crippen LogP contribution in [0.4, 0.5) is 0 Å². The Balaban J connectivity index is 2.25. The fourth-order valence-electron chi connectivity index (χ4n) is 1.97. The van der Waals surface area contributed by atoms with Crippen molar-refractivity contribution >= 4 is 61.4 Å². The van der Waals surface area contributed by atoms with Crippen LogP contribution in [0.1, 0.15) is 4.88 Å². The number of aromatic nitrogens is 2. The molecular weight excluding hydrogens is 398 g/mol. The smallest absolute Gasteiger partial charge is 0.0677 e. The Morgan fingerprint density at radius 3 is 3.00 bits per heavy atom. The van der Waals surface area contributed by atoms with Crippen LogP contribution < -0.4 is 0 Å². The minimum absolute atomic E-state index is 0.628. The van der Waals surface area contributed by atoms with Gasteiger partial charge in [0.25, 0.3) is 0 Å². The van der Waals surface area contributed by atoms with E-state index in [0.717, 1.165) is 15.3 Å². The minimum Gasteiger partial charge on any atom is -0.245 e. The van der Waals surface area contributed by atoms with E-state index >= 15 is 0 Å². The molecular formula is C12H9ClIN2PS. The van der Waals surface area contributed by atoms with Crippen LogP contribution in [0.3, 0.4) is 0 Å². The number of rotatable bonds is 2. The molecule has 0 fully saturated rings. The number of halogens is 2. The van der Waals surface area contributed by atoms with Gasteiger partial charge in [-0.1, -0.05) is 17.7 Å². The molecule has 0 saturated heterocycles. The largest absolute Gasteiger partial charge is 0.245 e. The van der Waals surface area contributed by atoms with E-state index < -0.39 is 0 Å². The molecule has 2 aromatic heterocycles. The van der Waals surface area contributed by atoms with Crippen molar-refractivity contribution in [2.24, 2.45) is 0 Å². The lowest BCUT2D eigenvalue weighted by atomic mass is 10.1. The SMILES string of the molecule is Cc1cc2c(-c3cnn(PI)c3)ccc(Cl)c2s1. The van der Waals surface area contributed by atoms with Gasteiger partial charge in [-0.05, 0) is 46.7 Å². The number of benzene rings is 1. The van der Waals surface area contributed by atoms with Crippen molar-refractivity contribution in [1.82, 2.24) is 9.55 Å².